The quantitative estimate of drug-likeness (QED) is 0.717. The Kier molecular flexibility index (Phi) is 5.69. The van der Waals surface area contributed by atoms with E-state index in [9.17, 15) is 16.8 Å². The van der Waals surface area contributed by atoms with Gasteiger partial charge in [0.15, 0.2) is 10.7 Å². The summed E-state index contributed by atoms with van der Waals surface area (Å²) in [6.07, 6.45) is 1.59. The number of nitrogens with zero attached hydrogens (tertiary/aromatic N) is 2. The molecule has 0 bridgehead atoms. The number of benzene rings is 1. The van der Waals surface area contributed by atoms with Crippen molar-refractivity contribution in [1.29, 1.82) is 0 Å². The lowest BCUT2D eigenvalue weighted by atomic mass is 10.3. The van der Waals surface area contributed by atoms with E-state index in [4.69, 9.17) is 9.26 Å². The standard InChI is InChI=1S/C17H23N3O6S2/c1-4-25-15-8-7-14(11-16(15)28(23,24)20-9-5-6-10-20)19-27(21,22)17-12(2)18-26-13(17)3/h7-8,11,19H,4-6,9-10H2,1-3H3. The lowest BCUT2D eigenvalue weighted by Gasteiger charge is -2.19. The number of hydrogen-bond donors (Lipinski definition) is 1. The molecule has 9 nitrogen and oxygen atoms in total. The fourth-order valence-corrected chi connectivity index (χ4v) is 6.24. The van der Waals surface area contributed by atoms with Crippen molar-refractivity contribution in [1.82, 2.24) is 9.46 Å². The van der Waals surface area contributed by atoms with Crippen molar-refractivity contribution in [3.8, 4) is 5.75 Å². The van der Waals surface area contributed by atoms with Crippen LogP contribution in [-0.4, -0.2) is 46.0 Å². The number of anilines is 1. The van der Waals surface area contributed by atoms with Gasteiger partial charge in [-0.1, -0.05) is 5.16 Å². The van der Waals surface area contributed by atoms with Crippen molar-refractivity contribution in [3.63, 3.8) is 0 Å². The molecule has 1 aliphatic heterocycles. The van der Waals surface area contributed by atoms with Gasteiger partial charge in [-0.2, -0.15) is 4.31 Å². The summed E-state index contributed by atoms with van der Waals surface area (Å²) < 4.78 is 65.7. The van der Waals surface area contributed by atoms with Crippen LogP contribution >= 0.6 is 0 Å². The van der Waals surface area contributed by atoms with E-state index in [0.29, 0.717) is 13.1 Å². The van der Waals surface area contributed by atoms with Crippen LogP contribution in [-0.2, 0) is 20.0 Å². The second kappa shape index (κ2) is 7.72. The average molecular weight is 430 g/mol. The van der Waals surface area contributed by atoms with Crippen molar-refractivity contribution in [2.45, 2.75) is 43.4 Å². The highest BCUT2D eigenvalue weighted by atomic mass is 32.2. The first kappa shape index (κ1) is 20.6. The van der Waals surface area contributed by atoms with E-state index in [2.05, 4.69) is 9.88 Å². The lowest BCUT2D eigenvalue weighted by Crippen LogP contribution is -2.28. The molecular formula is C17H23N3O6S2. The summed E-state index contributed by atoms with van der Waals surface area (Å²) in [7, 11) is -7.79. The number of aryl methyl sites for hydroxylation is 2. The summed E-state index contributed by atoms with van der Waals surface area (Å²) in [5.41, 5.74) is 0.335. The Labute approximate surface area is 164 Å². The largest absolute Gasteiger partial charge is 0.492 e. The summed E-state index contributed by atoms with van der Waals surface area (Å²) in [6, 6.07) is 4.20. The summed E-state index contributed by atoms with van der Waals surface area (Å²) >= 11 is 0. The van der Waals surface area contributed by atoms with Gasteiger partial charge in [-0.25, -0.2) is 16.8 Å². The topological polar surface area (TPSA) is 119 Å². The summed E-state index contributed by atoms with van der Waals surface area (Å²) in [6.45, 7) is 5.92. The van der Waals surface area contributed by atoms with Crippen molar-refractivity contribution in [3.05, 3.63) is 29.7 Å². The third-order valence-electron chi connectivity index (χ3n) is 4.42. The number of ether oxygens (including phenoxy) is 1. The smallest absolute Gasteiger partial charge is 0.267 e. The predicted molar refractivity (Wildman–Crippen MR) is 102 cm³/mol. The van der Waals surface area contributed by atoms with Gasteiger partial charge < -0.3 is 9.26 Å². The van der Waals surface area contributed by atoms with Crippen LogP contribution in [0.4, 0.5) is 5.69 Å². The number of sulfonamides is 2. The molecule has 2 heterocycles. The van der Waals surface area contributed by atoms with Crippen molar-refractivity contribution in [2.24, 2.45) is 0 Å². The monoisotopic (exact) mass is 429 g/mol. The summed E-state index contributed by atoms with van der Waals surface area (Å²) in [5, 5.41) is 3.65. The average Bonchev–Trinajstić information content (AvgIpc) is 3.26. The first-order valence-electron chi connectivity index (χ1n) is 8.89. The van der Waals surface area contributed by atoms with Crippen molar-refractivity contribution in [2.75, 3.05) is 24.4 Å². The Bertz CT molecular complexity index is 1050. The van der Waals surface area contributed by atoms with Gasteiger partial charge in [0.1, 0.15) is 16.3 Å². The zero-order valence-corrected chi connectivity index (χ0v) is 17.6. The van der Waals surface area contributed by atoms with Crippen LogP contribution in [0.15, 0.2) is 32.5 Å². The molecule has 1 saturated heterocycles. The molecule has 154 valence electrons. The van der Waals surface area contributed by atoms with Crippen LogP contribution in [0, 0.1) is 13.8 Å². The van der Waals surface area contributed by atoms with E-state index in [0.717, 1.165) is 12.8 Å². The molecule has 0 atom stereocenters. The molecule has 1 fully saturated rings. The molecule has 0 saturated carbocycles. The van der Waals surface area contributed by atoms with E-state index in [-0.39, 0.29) is 39.3 Å². The molecular weight excluding hydrogens is 406 g/mol. The van der Waals surface area contributed by atoms with Gasteiger partial charge in [-0.3, -0.25) is 4.72 Å². The van der Waals surface area contributed by atoms with Crippen molar-refractivity contribution < 1.29 is 26.1 Å². The SMILES string of the molecule is CCOc1ccc(NS(=O)(=O)c2c(C)noc2C)cc1S(=O)(=O)N1CCCC1. The minimum absolute atomic E-state index is 0.0600. The zero-order valence-electron chi connectivity index (χ0n) is 15.9. The maximum atomic E-state index is 13.0. The molecule has 1 aromatic heterocycles. The van der Waals surface area contributed by atoms with E-state index < -0.39 is 20.0 Å². The van der Waals surface area contributed by atoms with Gasteiger partial charge in [0, 0.05) is 13.1 Å². The Hall–Kier alpha value is -2.11. The molecule has 1 aromatic carbocycles. The summed E-state index contributed by atoms with van der Waals surface area (Å²) in [4.78, 5) is -0.124. The molecule has 28 heavy (non-hydrogen) atoms. The van der Waals surface area contributed by atoms with E-state index in [1.807, 2.05) is 0 Å². The van der Waals surface area contributed by atoms with E-state index in [1.165, 1.54) is 36.4 Å². The maximum absolute atomic E-state index is 13.0. The summed E-state index contributed by atoms with van der Waals surface area (Å²) in [5.74, 6) is 0.343. The second-order valence-electron chi connectivity index (χ2n) is 6.46. The molecule has 1 aliphatic rings. The van der Waals surface area contributed by atoms with Gasteiger partial charge in [0.2, 0.25) is 10.0 Å². The molecule has 0 amide bonds. The van der Waals surface area contributed by atoms with Crippen LogP contribution in [0.25, 0.3) is 0 Å². The molecule has 0 unspecified atom stereocenters. The van der Waals surface area contributed by atoms with E-state index >= 15 is 0 Å². The fourth-order valence-electron chi connectivity index (χ4n) is 3.18. The number of nitrogens with one attached hydrogen (secondary N) is 1. The molecule has 3 rings (SSSR count). The van der Waals surface area contributed by atoms with Crippen LogP contribution in [0.3, 0.4) is 0 Å². The van der Waals surface area contributed by atoms with Crippen LogP contribution in [0.1, 0.15) is 31.2 Å². The van der Waals surface area contributed by atoms with Gasteiger partial charge in [-0.05, 0) is 51.8 Å². The first-order chi connectivity index (χ1) is 13.2. The van der Waals surface area contributed by atoms with Gasteiger partial charge in [0.05, 0.1) is 12.3 Å². The maximum Gasteiger partial charge on any atom is 0.267 e. The highest BCUT2D eigenvalue weighted by molar-refractivity contribution is 7.92. The second-order valence-corrected chi connectivity index (χ2v) is 9.99. The predicted octanol–water partition coefficient (Wildman–Crippen LogP) is 2.28. The molecule has 0 aliphatic carbocycles. The fraction of sp³-hybridized carbons (Fsp3) is 0.471. The Balaban J connectivity index is 2.02. The van der Waals surface area contributed by atoms with Crippen LogP contribution in [0.5, 0.6) is 5.75 Å². The van der Waals surface area contributed by atoms with E-state index in [1.54, 1.807) is 6.92 Å². The number of hydrogen-bond acceptors (Lipinski definition) is 7. The molecule has 11 heteroatoms. The highest BCUT2D eigenvalue weighted by Gasteiger charge is 2.31. The van der Waals surface area contributed by atoms with Crippen molar-refractivity contribution >= 4 is 25.7 Å². The van der Waals surface area contributed by atoms with Gasteiger partial charge >= 0.3 is 0 Å². The number of aromatic nitrogens is 1. The lowest BCUT2D eigenvalue weighted by molar-refractivity contribution is 0.330. The Morgan fingerprint density at radius 1 is 1.18 bits per heavy atom. The van der Waals surface area contributed by atoms with Crippen LogP contribution in [0.2, 0.25) is 0 Å². The molecule has 1 N–H and O–H groups in total. The Morgan fingerprint density at radius 2 is 1.86 bits per heavy atom. The molecule has 0 radical (unpaired) electrons. The zero-order chi connectivity index (χ0) is 20.5. The minimum atomic E-state index is -3.99. The minimum Gasteiger partial charge on any atom is -0.492 e. The Morgan fingerprint density at radius 3 is 2.43 bits per heavy atom. The number of rotatable bonds is 7. The third-order valence-corrected chi connectivity index (χ3v) is 7.96. The van der Waals surface area contributed by atoms with Gasteiger partial charge in [-0.15, -0.1) is 0 Å². The first-order valence-corrected chi connectivity index (χ1v) is 11.8. The van der Waals surface area contributed by atoms with Crippen LogP contribution < -0.4 is 9.46 Å². The van der Waals surface area contributed by atoms with Gasteiger partial charge in [0.25, 0.3) is 10.0 Å². The third kappa shape index (κ3) is 3.87. The molecule has 0 spiro atoms. The highest BCUT2D eigenvalue weighted by Crippen LogP contribution is 2.32. The molecule has 2 aromatic rings. The normalized spacial score (nSPS) is 15.7.